The van der Waals surface area contributed by atoms with Gasteiger partial charge >= 0.3 is 37.9 Å². The maximum atomic E-state index is 4.93. The van der Waals surface area contributed by atoms with Gasteiger partial charge in [0.1, 0.15) is 0 Å². The molecule has 272 valence electrons. The summed E-state index contributed by atoms with van der Waals surface area (Å²) >= 11 is -0.826. The Bertz CT molecular complexity index is 1930. The first kappa shape index (κ1) is 43.4. The van der Waals surface area contributed by atoms with Crippen LogP contribution < -0.4 is 10.4 Å². The van der Waals surface area contributed by atoms with Crippen LogP contribution in [0.4, 0.5) is 0 Å². The van der Waals surface area contributed by atoms with Crippen molar-refractivity contribution in [3.63, 3.8) is 0 Å². The predicted molar refractivity (Wildman–Crippen MR) is 237 cm³/mol. The molecular weight excluding hydrogens is 771 g/mol. The van der Waals surface area contributed by atoms with E-state index in [1.807, 2.05) is 0 Å². The predicted octanol–water partition coefficient (Wildman–Crippen LogP) is 14.2. The minimum absolute atomic E-state index is 0.826. The number of halogens is 2. The second-order valence-electron chi connectivity index (χ2n) is 15.9. The molecule has 0 aliphatic heterocycles. The Morgan fingerprint density at radius 3 is 1.00 bits per heavy atom. The minimum atomic E-state index is -1.24. The summed E-state index contributed by atoms with van der Waals surface area (Å²) in [6, 6.07) is 28.0. The molecule has 0 saturated heterocycles. The molecule has 0 aromatic heterocycles. The molecule has 0 heterocycles. The van der Waals surface area contributed by atoms with Gasteiger partial charge < -0.3 is 6.92 Å². The second-order valence-corrected chi connectivity index (χ2v) is 29.8. The van der Waals surface area contributed by atoms with E-state index in [2.05, 4.69) is 174 Å². The average Bonchev–Trinajstić information content (AvgIpc) is 3.66. The number of hydrogen-bond donors (Lipinski definition) is 0. The fraction of sp³-hybridized carbons (Fsp3) is 0.326. The second kappa shape index (κ2) is 17.9. The molecule has 6 rings (SSSR count). The molecule has 0 nitrogen and oxygen atoms in total. The summed E-state index contributed by atoms with van der Waals surface area (Å²) in [7, 11) is 7.39. The van der Waals surface area contributed by atoms with Crippen LogP contribution in [0.15, 0.2) is 72.8 Å². The van der Waals surface area contributed by atoms with Gasteiger partial charge in [0.15, 0.2) is 0 Å². The van der Waals surface area contributed by atoms with Crippen molar-refractivity contribution in [2.75, 3.05) is 0 Å². The van der Waals surface area contributed by atoms with Gasteiger partial charge in [-0.2, -0.15) is 19.1 Å². The number of rotatable bonds is 4. The molecule has 6 aromatic rings. The Balaban J connectivity index is 0.000000245. The van der Waals surface area contributed by atoms with E-state index in [1.54, 1.807) is 6.92 Å². The number of fused-ring (bicyclic) bond motifs is 2. The zero-order valence-corrected chi connectivity index (χ0v) is 39.9. The fourth-order valence-corrected chi connectivity index (χ4v) is 9.44. The normalized spacial score (nSPS) is 11.3. The van der Waals surface area contributed by atoms with Crippen molar-refractivity contribution in [3.8, 4) is 22.3 Å². The van der Waals surface area contributed by atoms with Gasteiger partial charge in [0.2, 0.25) is 0 Å². The van der Waals surface area contributed by atoms with E-state index in [4.69, 9.17) is 17.0 Å². The van der Waals surface area contributed by atoms with E-state index < -0.39 is 37.0 Å². The molecule has 0 aliphatic carbocycles. The zero-order valence-electron chi connectivity index (χ0n) is 33.9. The monoisotopic (exact) mass is 827 g/mol. The summed E-state index contributed by atoms with van der Waals surface area (Å²) in [5.74, 6) is 0. The Hall–Kier alpha value is -2.00. The summed E-state index contributed by atoms with van der Waals surface area (Å²) in [5, 5.41) is 8.69. The van der Waals surface area contributed by atoms with Gasteiger partial charge in [-0.15, -0.1) is 55.9 Å². The van der Waals surface area contributed by atoms with Crippen molar-refractivity contribution in [2.45, 2.75) is 102 Å². The first-order valence-corrected chi connectivity index (χ1v) is 31.4. The fourth-order valence-electron chi connectivity index (χ4n) is 7.10. The standard InChI is InChI=1S/2C22H27Si.C2H5.2ClH.Zr/c2*1-14-12-20-16(3)15(2)17(4)22(21(20)13-14)18-8-10-19(11-9-18)23(5,6)7;1-2;;;/h2*8-13H,1-7H3;1H2,2H3;2*1H;/q3*-1;;;+2/p-2. The molecule has 0 bridgehead atoms. The van der Waals surface area contributed by atoms with E-state index in [9.17, 15) is 0 Å². The van der Waals surface area contributed by atoms with Gasteiger partial charge in [0, 0.05) is 0 Å². The summed E-state index contributed by atoms with van der Waals surface area (Å²) in [6.07, 6.45) is 0. The van der Waals surface area contributed by atoms with Gasteiger partial charge in [-0.25, -0.2) is 0 Å². The number of aryl methyl sites for hydroxylation is 4. The molecule has 51 heavy (non-hydrogen) atoms. The van der Waals surface area contributed by atoms with E-state index >= 15 is 0 Å². The van der Waals surface area contributed by atoms with Crippen LogP contribution in [0.25, 0.3) is 43.8 Å². The van der Waals surface area contributed by atoms with Gasteiger partial charge in [-0.1, -0.05) is 159 Å². The average molecular weight is 830 g/mol. The molecule has 0 atom stereocenters. The van der Waals surface area contributed by atoms with Gasteiger partial charge in [0.25, 0.3) is 0 Å². The van der Waals surface area contributed by atoms with Crippen LogP contribution in [0.5, 0.6) is 0 Å². The van der Waals surface area contributed by atoms with Crippen molar-refractivity contribution < 1.29 is 20.8 Å². The van der Waals surface area contributed by atoms with Crippen LogP contribution >= 0.6 is 17.0 Å². The van der Waals surface area contributed by atoms with Crippen LogP contribution in [0.3, 0.4) is 0 Å². The SMILES string of the molecule is Cc1cc2c(-c3ccc([Si](C)(C)C)cc3)c(C)c(C)c(C)c2[cH-]1.Cc1cc2c(-c3ccc([Si](C)(C)C)cc3)c(C)c(C)c(C)c2[cH-]1.[CH2-]C.[Cl][Zr][Cl]. The first-order valence-electron chi connectivity index (χ1n) is 18.0. The third-order valence-electron chi connectivity index (χ3n) is 10.5. The van der Waals surface area contributed by atoms with Crippen LogP contribution in [0.1, 0.15) is 51.4 Å². The Morgan fingerprint density at radius 1 is 0.471 bits per heavy atom. The summed E-state index contributed by atoms with van der Waals surface area (Å²) in [6.45, 7) is 37.4. The van der Waals surface area contributed by atoms with Gasteiger partial charge in [-0.3, -0.25) is 0 Å². The summed E-state index contributed by atoms with van der Waals surface area (Å²) < 4.78 is 0. The zero-order chi connectivity index (χ0) is 38.6. The topological polar surface area (TPSA) is 0 Å². The van der Waals surface area contributed by atoms with E-state index in [0.29, 0.717) is 0 Å². The molecule has 0 saturated carbocycles. The Labute approximate surface area is 331 Å². The van der Waals surface area contributed by atoms with E-state index in [-0.39, 0.29) is 0 Å². The molecular formula is C46H59Cl2Si2Zr-3. The Kier molecular flexibility index (Phi) is 15.2. The molecule has 0 spiro atoms. The van der Waals surface area contributed by atoms with E-state index in [1.165, 1.54) is 98.7 Å². The van der Waals surface area contributed by atoms with Crippen LogP contribution in [-0.2, 0) is 20.8 Å². The van der Waals surface area contributed by atoms with Crippen molar-refractivity contribution in [1.82, 2.24) is 0 Å². The number of hydrogen-bond acceptors (Lipinski definition) is 0. The molecule has 5 heteroatoms. The molecule has 6 aromatic carbocycles. The van der Waals surface area contributed by atoms with Crippen LogP contribution in [0, 0.1) is 62.3 Å². The van der Waals surface area contributed by atoms with Gasteiger partial charge in [0.05, 0.1) is 16.1 Å². The summed E-state index contributed by atoms with van der Waals surface area (Å²) in [4.78, 5) is 0. The van der Waals surface area contributed by atoms with Crippen molar-refractivity contribution in [2.24, 2.45) is 0 Å². The molecule has 0 N–H and O–H groups in total. The maximum absolute atomic E-state index is 4.93. The van der Waals surface area contributed by atoms with Crippen molar-refractivity contribution >= 4 is 65.1 Å². The van der Waals surface area contributed by atoms with Crippen molar-refractivity contribution in [1.29, 1.82) is 0 Å². The Morgan fingerprint density at radius 2 is 0.745 bits per heavy atom. The molecule has 0 fully saturated rings. The van der Waals surface area contributed by atoms with Crippen LogP contribution in [-0.4, -0.2) is 16.1 Å². The third-order valence-corrected chi connectivity index (χ3v) is 14.6. The molecule has 0 unspecified atom stereocenters. The number of benzene rings is 4. The molecule has 0 aliphatic rings. The summed E-state index contributed by atoms with van der Waals surface area (Å²) in [5.41, 5.74) is 16.8. The molecule has 0 radical (unpaired) electrons. The quantitative estimate of drug-likeness (QED) is 0.123. The first-order chi connectivity index (χ1) is 23.8. The van der Waals surface area contributed by atoms with Crippen LogP contribution in [0.2, 0.25) is 39.3 Å². The van der Waals surface area contributed by atoms with E-state index in [0.717, 1.165) is 0 Å². The molecule has 0 amide bonds. The third kappa shape index (κ3) is 9.76. The van der Waals surface area contributed by atoms with Gasteiger partial charge in [-0.05, 0) is 38.8 Å². The van der Waals surface area contributed by atoms with Crippen molar-refractivity contribution in [3.05, 3.63) is 124 Å².